The molecule has 0 aliphatic rings. The summed E-state index contributed by atoms with van der Waals surface area (Å²) in [6.45, 7) is 4.43. The summed E-state index contributed by atoms with van der Waals surface area (Å²) in [5, 5.41) is 4.55. The molecule has 0 atom stereocenters. The van der Waals surface area contributed by atoms with Crippen molar-refractivity contribution in [2.24, 2.45) is 0 Å². The van der Waals surface area contributed by atoms with Crippen LogP contribution in [0.3, 0.4) is 0 Å². The van der Waals surface area contributed by atoms with Crippen LogP contribution in [0.1, 0.15) is 25.3 Å². The molecule has 0 saturated heterocycles. The molecule has 0 spiro atoms. The van der Waals surface area contributed by atoms with Crippen LogP contribution in [0.25, 0.3) is 44.0 Å². The predicted octanol–water partition coefficient (Wildman–Crippen LogP) is 7.12. The van der Waals surface area contributed by atoms with Gasteiger partial charge in [0.05, 0.1) is 5.58 Å². The van der Waals surface area contributed by atoms with E-state index >= 15 is 0 Å². The first-order valence-electron chi connectivity index (χ1n) is 10.2. The number of alkyl halides is 3. The molecule has 5 nitrogen and oxygen atoms in total. The van der Waals surface area contributed by atoms with Crippen LogP contribution >= 0.6 is 0 Å². The molecule has 0 bridgehead atoms. The number of pyridine rings is 1. The molecule has 2 aromatic heterocycles. The number of aromatic nitrogens is 1. The second kappa shape index (κ2) is 10.1. The van der Waals surface area contributed by atoms with Crippen LogP contribution in [-0.4, -0.2) is 23.5 Å². The molecule has 0 unspecified atom stereocenters. The molecular formula is C25H19F3IrNO4S-. The number of hydrogen-bond acceptors (Lipinski definition) is 4. The van der Waals surface area contributed by atoms with E-state index in [1.54, 1.807) is 0 Å². The molecule has 0 aliphatic heterocycles. The predicted molar refractivity (Wildman–Crippen MR) is 125 cm³/mol. The topological polar surface area (TPSA) is 80.4 Å². The fourth-order valence-corrected chi connectivity index (χ4v) is 3.62. The molecule has 10 heteroatoms. The van der Waals surface area contributed by atoms with Crippen molar-refractivity contribution in [2.45, 2.75) is 25.3 Å². The van der Waals surface area contributed by atoms with Crippen molar-refractivity contribution >= 4 is 42.8 Å². The van der Waals surface area contributed by atoms with Gasteiger partial charge in [0.25, 0.3) is 0 Å². The molecule has 0 amide bonds. The van der Waals surface area contributed by atoms with Crippen LogP contribution in [-0.2, 0) is 30.2 Å². The van der Waals surface area contributed by atoms with E-state index in [4.69, 9.17) is 17.4 Å². The molecule has 0 aliphatic carbocycles. The summed E-state index contributed by atoms with van der Waals surface area (Å²) in [5.41, 5.74) is -0.621. The maximum absolute atomic E-state index is 10.7. The molecule has 0 fully saturated rings. The summed E-state index contributed by atoms with van der Waals surface area (Å²) in [7, 11) is -5.84. The minimum absolute atomic E-state index is 0. The molecule has 1 radical (unpaired) electrons. The summed E-state index contributed by atoms with van der Waals surface area (Å²) in [4.78, 5) is 4.68. The maximum atomic E-state index is 10.7. The summed E-state index contributed by atoms with van der Waals surface area (Å²) in [6.07, 6.45) is 1.87. The van der Waals surface area contributed by atoms with Gasteiger partial charge in [0.1, 0.15) is 5.58 Å². The maximum Gasteiger partial charge on any atom is 0.522 e. The van der Waals surface area contributed by atoms with Crippen molar-refractivity contribution in [1.82, 2.24) is 4.98 Å². The van der Waals surface area contributed by atoms with Crippen LogP contribution in [0.5, 0.6) is 0 Å². The number of para-hydroxylation sites is 1. The number of nitrogens with zero attached hydrogens (tertiary/aromatic N) is 1. The summed E-state index contributed by atoms with van der Waals surface area (Å²) < 4.78 is 63.7. The Kier molecular flexibility index (Phi) is 7.71. The molecule has 185 valence electrons. The SMILES string of the molecule is CC(C)c1ccc2c(-c3[c-]ccc4c3oc3ccccc34)nccc2c1.O=S(=O)(O)C(F)(F)F.[Ir]. The number of halogens is 3. The molecule has 0 saturated carbocycles. The van der Waals surface area contributed by atoms with Gasteiger partial charge in [0.2, 0.25) is 0 Å². The van der Waals surface area contributed by atoms with E-state index in [9.17, 15) is 13.2 Å². The van der Waals surface area contributed by atoms with Gasteiger partial charge in [0, 0.05) is 31.7 Å². The molecule has 5 aromatic rings. The number of hydrogen-bond donors (Lipinski definition) is 1. The standard InChI is InChI=1S/C24H18NO.CHF3O3S.Ir/c1-15(2)16-10-11-18-17(14-16)12-13-25-23(18)21-8-5-7-20-19-6-3-4-9-22(19)26-24(20)21;2-1(3,4)8(5,6)7;/h3-7,9-15H,1-2H3;(H,5,6,7);/q-1;;. The van der Waals surface area contributed by atoms with Gasteiger partial charge in [0.15, 0.2) is 0 Å². The van der Waals surface area contributed by atoms with Crippen molar-refractivity contribution in [2.75, 3.05) is 0 Å². The Bertz CT molecular complexity index is 1610. The second-order valence-corrected chi connectivity index (χ2v) is 9.32. The summed E-state index contributed by atoms with van der Waals surface area (Å²) >= 11 is 0. The Morgan fingerprint density at radius 3 is 2.34 bits per heavy atom. The van der Waals surface area contributed by atoms with Crippen molar-refractivity contribution in [3.8, 4) is 11.3 Å². The smallest absolute Gasteiger partial charge is 0.501 e. The normalized spacial score (nSPS) is 12.0. The summed E-state index contributed by atoms with van der Waals surface area (Å²) in [6, 6.07) is 24.2. The van der Waals surface area contributed by atoms with E-state index in [1.165, 1.54) is 10.9 Å². The van der Waals surface area contributed by atoms with Crippen molar-refractivity contribution in [3.63, 3.8) is 0 Å². The zero-order valence-corrected chi connectivity index (χ0v) is 21.6. The fourth-order valence-electron chi connectivity index (χ4n) is 3.62. The van der Waals surface area contributed by atoms with Gasteiger partial charge in [-0.3, -0.25) is 4.55 Å². The molecule has 5 rings (SSSR count). The van der Waals surface area contributed by atoms with Crippen LogP contribution in [0.4, 0.5) is 13.2 Å². The Hall–Kier alpha value is -2.78. The van der Waals surface area contributed by atoms with Crippen LogP contribution < -0.4 is 0 Å². The van der Waals surface area contributed by atoms with Crippen LogP contribution in [0.15, 0.2) is 71.3 Å². The first-order valence-corrected chi connectivity index (χ1v) is 11.7. The third kappa shape index (κ3) is 5.41. The number of fused-ring (bicyclic) bond motifs is 4. The van der Waals surface area contributed by atoms with Crippen molar-refractivity contribution in [1.29, 1.82) is 0 Å². The third-order valence-corrected chi connectivity index (χ3v) is 5.91. The molecule has 3 aromatic carbocycles. The van der Waals surface area contributed by atoms with Gasteiger partial charge in [-0.15, -0.1) is 18.2 Å². The van der Waals surface area contributed by atoms with Gasteiger partial charge in [-0.05, 0) is 40.1 Å². The number of rotatable bonds is 2. The van der Waals surface area contributed by atoms with Crippen LogP contribution in [0.2, 0.25) is 0 Å². The third-order valence-electron chi connectivity index (χ3n) is 5.32. The number of benzene rings is 3. The van der Waals surface area contributed by atoms with Gasteiger partial charge >= 0.3 is 15.6 Å². The average molecular weight is 679 g/mol. The van der Waals surface area contributed by atoms with Gasteiger partial charge in [-0.1, -0.05) is 61.2 Å². The van der Waals surface area contributed by atoms with Crippen molar-refractivity contribution < 1.29 is 50.7 Å². The molecular weight excluding hydrogens is 660 g/mol. The van der Waals surface area contributed by atoms with Gasteiger partial charge < -0.3 is 9.40 Å². The minimum Gasteiger partial charge on any atom is -0.501 e. The summed E-state index contributed by atoms with van der Waals surface area (Å²) in [5.74, 6) is 0.501. The molecule has 35 heavy (non-hydrogen) atoms. The van der Waals surface area contributed by atoms with E-state index in [0.717, 1.165) is 38.6 Å². The average Bonchev–Trinajstić information content (AvgIpc) is 3.16. The quantitative estimate of drug-likeness (QED) is 0.122. The van der Waals surface area contributed by atoms with E-state index in [-0.39, 0.29) is 20.1 Å². The first-order chi connectivity index (χ1) is 16.0. The number of furan rings is 1. The Morgan fingerprint density at radius 1 is 1.00 bits per heavy atom. The van der Waals surface area contributed by atoms with Gasteiger partial charge in [-0.25, -0.2) is 0 Å². The van der Waals surface area contributed by atoms with Crippen molar-refractivity contribution in [3.05, 3.63) is 78.5 Å². The zero-order valence-electron chi connectivity index (χ0n) is 18.4. The minimum atomic E-state index is -5.84. The monoisotopic (exact) mass is 679 g/mol. The molecule has 2 heterocycles. The van der Waals surface area contributed by atoms with E-state index in [1.807, 2.05) is 30.5 Å². The Morgan fingerprint density at radius 2 is 1.69 bits per heavy atom. The van der Waals surface area contributed by atoms with E-state index in [0.29, 0.717) is 5.92 Å². The van der Waals surface area contributed by atoms with E-state index in [2.05, 4.69) is 61.3 Å². The van der Waals surface area contributed by atoms with Crippen LogP contribution in [0, 0.1) is 6.07 Å². The van der Waals surface area contributed by atoms with E-state index < -0.39 is 15.6 Å². The second-order valence-electron chi connectivity index (χ2n) is 7.91. The Balaban J connectivity index is 0.000000332. The largest absolute Gasteiger partial charge is 0.522 e. The zero-order chi connectivity index (χ0) is 24.7. The fraction of sp³-hybridized carbons (Fsp3) is 0.160. The Labute approximate surface area is 213 Å². The van der Waals surface area contributed by atoms with Gasteiger partial charge in [-0.2, -0.15) is 21.6 Å². The molecule has 1 N–H and O–H groups in total. The first kappa shape index (κ1) is 26.8.